The molecule has 0 saturated carbocycles. The van der Waals surface area contributed by atoms with Crippen LogP contribution in [-0.4, -0.2) is 5.78 Å². The van der Waals surface area contributed by atoms with Crippen LogP contribution < -0.4 is 0 Å². The molecule has 1 aromatic carbocycles. The molecular formula is C13H16O. The highest BCUT2D eigenvalue weighted by molar-refractivity contribution is 5.77. The van der Waals surface area contributed by atoms with E-state index in [0.29, 0.717) is 18.6 Å². The van der Waals surface area contributed by atoms with E-state index in [9.17, 15) is 4.79 Å². The van der Waals surface area contributed by atoms with Gasteiger partial charge in [-0.2, -0.15) is 0 Å². The van der Waals surface area contributed by atoms with E-state index in [1.54, 1.807) is 0 Å². The minimum atomic E-state index is 0.343. The molecule has 0 fully saturated rings. The largest absolute Gasteiger partial charge is 0.300 e. The van der Waals surface area contributed by atoms with E-state index < -0.39 is 0 Å². The Kier molecular flexibility index (Phi) is 7.17. The van der Waals surface area contributed by atoms with Gasteiger partial charge in [0.2, 0.25) is 0 Å². The second-order valence-corrected chi connectivity index (χ2v) is 2.76. The molecule has 1 rings (SSSR count). The average Bonchev–Trinajstić information content (AvgIpc) is 2.30. The predicted molar refractivity (Wildman–Crippen MR) is 60.0 cm³/mol. The first-order valence-corrected chi connectivity index (χ1v) is 4.77. The molecule has 0 aliphatic rings. The standard InChI is InChI=1S/C8H6.C5H10O/c1-2-8-6-4-3-5-7-8;1-3-5(6)4-2/h1,3-7H;3-4H2,1-2H3. The summed E-state index contributed by atoms with van der Waals surface area (Å²) >= 11 is 0. The van der Waals surface area contributed by atoms with Crippen molar-refractivity contribution in [2.75, 3.05) is 0 Å². The van der Waals surface area contributed by atoms with Crippen LogP contribution in [0.1, 0.15) is 32.3 Å². The van der Waals surface area contributed by atoms with Crippen molar-refractivity contribution in [1.29, 1.82) is 0 Å². The fourth-order valence-electron chi connectivity index (χ4n) is 0.784. The van der Waals surface area contributed by atoms with E-state index in [4.69, 9.17) is 6.42 Å². The van der Waals surface area contributed by atoms with E-state index in [2.05, 4.69) is 5.92 Å². The van der Waals surface area contributed by atoms with Crippen LogP contribution in [0, 0.1) is 12.3 Å². The first-order valence-electron chi connectivity index (χ1n) is 4.77. The number of ketones is 1. The fourth-order valence-corrected chi connectivity index (χ4v) is 0.784. The van der Waals surface area contributed by atoms with E-state index in [0.717, 1.165) is 5.56 Å². The van der Waals surface area contributed by atoms with Gasteiger partial charge in [-0.05, 0) is 12.1 Å². The molecule has 0 aliphatic heterocycles. The Labute approximate surface area is 86.2 Å². The van der Waals surface area contributed by atoms with Crippen molar-refractivity contribution in [3.63, 3.8) is 0 Å². The molecule has 1 aromatic rings. The Hall–Kier alpha value is -1.55. The number of carbonyl (C=O) groups is 1. The highest BCUT2D eigenvalue weighted by Crippen LogP contribution is 1.93. The van der Waals surface area contributed by atoms with Crippen molar-refractivity contribution >= 4 is 5.78 Å². The van der Waals surface area contributed by atoms with Crippen LogP contribution in [0.15, 0.2) is 30.3 Å². The van der Waals surface area contributed by atoms with Gasteiger partial charge < -0.3 is 0 Å². The van der Waals surface area contributed by atoms with Crippen molar-refractivity contribution in [2.45, 2.75) is 26.7 Å². The lowest BCUT2D eigenvalue weighted by Crippen LogP contribution is -1.88. The topological polar surface area (TPSA) is 17.1 Å². The Morgan fingerprint density at radius 2 is 1.71 bits per heavy atom. The summed E-state index contributed by atoms with van der Waals surface area (Å²) in [6.45, 7) is 3.76. The highest BCUT2D eigenvalue weighted by atomic mass is 16.1. The second kappa shape index (κ2) is 8.07. The van der Waals surface area contributed by atoms with E-state index in [1.165, 1.54) is 0 Å². The zero-order valence-electron chi connectivity index (χ0n) is 8.79. The van der Waals surface area contributed by atoms with Gasteiger partial charge in [-0.15, -0.1) is 6.42 Å². The molecule has 1 nitrogen and oxygen atoms in total. The molecule has 0 heterocycles. The molecule has 74 valence electrons. The zero-order chi connectivity index (χ0) is 10.8. The molecule has 14 heavy (non-hydrogen) atoms. The lowest BCUT2D eigenvalue weighted by molar-refractivity contribution is -0.118. The van der Waals surface area contributed by atoms with E-state index >= 15 is 0 Å². The van der Waals surface area contributed by atoms with Gasteiger partial charge in [-0.3, -0.25) is 4.79 Å². The van der Waals surface area contributed by atoms with Gasteiger partial charge in [0, 0.05) is 18.4 Å². The van der Waals surface area contributed by atoms with Crippen molar-refractivity contribution in [1.82, 2.24) is 0 Å². The first-order chi connectivity index (χ1) is 6.74. The average molecular weight is 188 g/mol. The minimum Gasteiger partial charge on any atom is -0.300 e. The Morgan fingerprint density at radius 3 is 1.93 bits per heavy atom. The number of terminal acetylenes is 1. The maximum atomic E-state index is 10.2. The smallest absolute Gasteiger partial charge is 0.132 e. The molecule has 0 bridgehead atoms. The molecule has 0 unspecified atom stereocenters. The Morgan fingerprint density at radius 1 is 1.21 bits per heavy atom. The van der Waals surface area contributed by atoms with E-state index in [-0.39, 0.29) is 0 Å². The normalized spacial score (nSPS) is 8.07. The van der Waals surface area contributed by atoms with Crippen molar-refractivity contribution in [3.05, 3.63) is 35.9 Å². The van der Waals surface area contributed by atoms with Gasteiger partial charge >= 0.3 is 0 Å². The molecule has 0 N–H and O–H groups in total. The molecule has 1 heteroatoms. The second-order valence-electron chi connectivity index (χ2n) is 2.76. The summed E-state index contributed by atoms with van der Waals surface area (Å²) in [5.41, 5.74) is 0.938. The monoisotopic (exact) mass is 188 g/mol. The van der Waals surface area contributed by atoms with Crippen molar-refractivity contribution in [3.8, 4) is 12.3 Å². The highest BCUT2D eigenvalue weighted by Gasteiger charge is 1.86. The van der Waals surface area contributed by atoms with Crippen molar-refractivity contribution in [2.24, 2.45) is 0 Å². The quantitative estimate of drug-likeness (QED) is 0.652. The molecule has 0 amide bonds. The van der Waals surface area contributed by atoms with Gasteiger partial charge in [0.1, 0.15) is 5.78 Å². The summed E-state index contributed by atoms with van der Waals surface area (Å²) in [5.74, 6) is 2.87. The maximum Gasteiger partial charge on any atom is 0.132 e. The van der Waals surface area contributed by atoms with Gasteiger partial charge in [0.15, 0.2) is 0 Å². The summed E-state index contributed by atoms with van der Waals surface area (Å²) in [7, 11) is 0. The third-order valence-electron chi connectivity index (χ3n) is 1.73. The third-order valence-corrected chi connectivity index (χ3v) is 1.73. The zero-order valence-corrected chi connectivity index (χ0v) is 8.79. The Bertz CT molecular complexity index is 287. The number of benzene rings is 1. The van der Waals surface area contributed by atoms with E-state index in [1.807, 2.05) is 44.2 Å². The number of hydrogen-bond donors (Lipinski definition) is 0. The number of carbonyl (C=O) groups excluding carboxylic acids is 1. The van der Waals surface area contributed by atoms with Gasteiger partial charge in [0.25, 0.3) is 0 Å². The van der Waals surface area contributed by atoms with Crippen LogP contribution in [0.4, 0.5) is 0 Å². The minimum absolute atomic E-state index is 0.343. The maximum absolute atomic E-state index is 10.2. The summed E-state index contributed by atoms with van der Waals surface area (Å²) in [6, 6.07) is 9.60. The SMILES string of the molecule is C#Cc1ccccc1.CCC(=O)CC. The molecule has 0 saturated heterocycles. The summed E-state index contributed by atoms with van der Waals surface area (Å²) in [5, 5.41) is 0. The third kappa shape index (κ3) is 6.02. The molecule has 0 radical (unpaired) electrons. The van der Waals surface area contributed by atoms with Crippen LogP contribution in [0.2, 0.25) is 0 Å². The first kappa shape index (κ1) is 12.4. The summed E-state index contributed by atoms with van der Waals surface area (Å²) in [4.78, 5) is 10.2. The van der Waals surface area contributed by atoms with Gasteiger partial charge in [-0.1, -0.05) is 38.0 Å². The van der Waals surface area contributed by atoms with Gasteiger partial charge in [-0.25, -0.2) is 0 Å². The number of Topliss-reactive ketones (excluding diaryl/α,β-unsaturated/α-hetero) is 1. The summed E-state index contributed by atoms with van der Waals surface area (Å²) < 4.78 is 0. The van der Waals surface area contributed by atoms with Crippen LogP contribution in [-0.2, 0) is 4.79 Å². The lowest BCUT2D eigenvalue weighted by atomic mass is 10.2. The molecule has 0 atom stereocenters. The number of rotatable bonds is 2. The van der Waals surface area contributed by atoms with Crippen LogP contribution in [0.3, 0.4) is 0 Å². The Balaban J connectivity index is 0.000000255. The molecule has 0 aromatic heterocycles. The van der Waals surface area contributed by atoms with Crippen LogP contribution in [0.25, 0.3) is 0 Å². The van der Waals surface area contributed by atoms with Crippen LogP contribution >= 0.6 is 0 Å². The van der Waals surface area contributed by atoms with Gasteiger partial charge in [0.05, 0.1) is 0 Å². The summed E-state index contributed by atoms with van der Waals surface area (Å²) in [6.07, 6.45) is 6.48. The number of hydrogen-bond acceptors (Lipinski definition) is 1. The molecular weight excluding hydrogens is 172 g/mol. The van der Waals surface area contributed by atoms with Crippen molar-refractivity contribution < 1.29 is 4.79 Å². The lowest BCUT2D eigenvalue weighted by Gasteiger charge is -1.82. The molecule has 0 aliphatic carbocycles. The predicted octanol–water partition coefficient (Wildman–Crippen LogP) is 3.04. The van der Waals surface area contributed by atoms with Crippen LogP contribution in [0.5, 0.6) is 0 Å². The molecule has 0 spiro atoms. The fraction of sp³-hybridized carbons (Fsp3) is 0.308.